The third-order valence-electron chi connectivity index (χ3n) is 4.19. The van der Waals surface area contributed by atoms with Crippen LogP contribution in [0.4, 0.5) is 0 Å². The predicted molar refractivity (Wildman–Crippen MR) is 77.8 cm³/mol. The lowest BCUT2D eigenvalue weighted by Crippen LogP contribution is -2.26. The van der Waals surface area contributed by atoms with Gasteiger partial charge in [-0.3, -0.25) is 0 Å². The van der Waals surface area contributed by atoms with Gasteiger partial charge in [0, 0.05) is 11.8 Å². The number of piperidine rings is 1. The molecule has 1 aromatic carbocycles. The Morgan fingerprint density at radius 3 is 2.75 bits per heavy atom. The standard InChI is InChI=1S/C16H21N3O/c1-11-5-3-4-6-14(11)12(2)15-18-16(20-19-15)13-7-9-17-10-8-13/h3-6,12-13,17H,7-10H2,1-2H3. The van der Waals surface area contributed by atoms with E-state index >= 15 is 0 Å². The Hall–Kier alpha value is -1.68. The molecule has 4 heteroatoms. The van der Waals surface area contributed by atoms with E-state index in [-0.39, 0.29) is 5.92 Å². The SMILES string of the molecule is Cc1ccccc1C(C)c1noc(C2CCNCC2)n1. The molecule has 2 aromatic rings. The topological polar surface area (TPSA) is 51.0 Å². The van der Waals surface area contributed by atoms with Crippen LogP contribution < -0.4 is 5.32 Å². The molecule has 1 atom stereocenters. The third kappa shape index (κ3) is 2.61. The van der Waals surface area contributed by atoms with Crippen molar-refractivity contribution in [3.8, 4) is 0 Å². The fourth-order valence-electron chi connectivity index (χ4n) is 2.87. The molecule has 1 unspecified atom stereocenters. The van der Waals surface area contributed by atoms with Crippen molar-refractivity contribution in [2.75, 3.05) is 13.1 Å². The molecule has 0 saturated carbocycles. The van der Waals surface area contributed by atoms with Crippen LogP contribution in [0, 0.1) is 6.92 Å². The van der Waals surface area contributed by atoms with Gasteiger partial charge in [0.05, 0.1) is 0 Å². The molecule has 0 bridgehead atoms. The Morgan fingerprint density at radius 2 is 2.00 bits per heavy atom. The highest BCUT2D eigenvalue weighted by Gasteiger charge is 2.23. The number of aromatic nitrogens is 2. The number of benzene rings is 1. The van der Waals surface area contributed by atoms with E-state index in [1.54, 1.807) is 0 Å². The average molecular weight is 271 g/mol. The van der Waals surface area contributed by atoms with Crippen LogP contribution in [-0.2, 0) is 0 Å². The lowest BCUT2D eigenvalue weighted by atomic mass is 9.95. The molecule has 1 N–H and O–H groups in total. The van der Waals surface area contributed by atoms with Gasteiger partial charge in [0.25, 0.3) is 0 Å². The van der Waals surface area contributed by atoms with E-state index in [4.69, 9.17) is 4.52 Å². The van der Waals surface area contributed by atoms with Crippen molar-refractivity contribution in [3.05, 3.63) is 47.1 Å². The van der Waals surface area contributed by atoms with E-state index in [2.05, 4.69) is 53.6 Å². The molecule has 4 nitrogen and oxygen atoms in total. The molecular formula is C16H21N3O. The van der Waals surface area contributed by atoms with Gasteiger partial charge in [0.2, 0.25) is 5.89 Å². The van der Waals surface area contributed by atoms with Gasteiger partial charge in [-0.05, 0) is 44.0 Å². The summed E-state index contributed by atoms with van der Waals surface area (Å²) >= 11 is 0. The molecule has 0 radical (unpaired) electrons. The first-order chi connectivity index (χ1) is 9.75. The molecule has 1 saturated heterocycles. The Bertz CT molecular complexity index is 573. The van der Waals surface area contributed by atoms with Gasteiger partial charge in [-0.15, -0.1) is 0 Å². The van der Waals surface area contributed by atoms with Gasteiger partial charge < -0.3 is 9.84 Å². The molecule has 1 aliphatic rings. The van der Waals surface area contributed by atoms with Gasteiger partial charge in [-0.1, -0.05) is 36.3 Å². The van der Waals surface area contributed by atoms with Crippen LogP contribution in [0.15, 0.2) is 28.8 Å². The van der Waals surface area contributed by atoms with Crippen molar-refractivity contribution in [1.29, 1.82) is 0 Å². The third-order valence-corrected chi connectivity index (χ3v) is 4.19. The molecule has 0 aliphatic carbocycles. The van der Waals surface area contributed by atoms with E-state index in [0.29, 0.717) is 5.92 Å². The van der Waals surface area contributed by atoms with Crippen LogP contribution in [0.3, 0.4) is 0 Å². The van der Waals surface area contributed by atoms with Gasteiger partial charge in [-0.2, -0.15) is 4.98 Å². The fraction of sp³-hybridized carbons (Fsp3) is 0.500. The van der Waals surface area contributed by atoms with Crippen LogP contribution in [0.25, 0.3) is 0 Å². The second-order valence-corrected chi connectivity index (χ2v) is 5.59. The highest BCUT2D eigenvalue weighted by atomic mass is 16.5. The molecule has 20 heavy (non-hydrogen) atoms. The predicted octanol–water partition coefficient (Wildman–Crippen LogP) is 3.00. The van der Waals surface area contributed by atoms with E-state index in [1.807, 2.05) is 0 Å². The summed E-state index contributed by atoms with van der Waals surface area (Å²) in [5.41, 5.74) is 2.54. The minimum absolute atomic E-state index is 0.176. The monoisotopic (exact) mass is 271 g/mol. The Morgan fingerprint density at radius 1 is 1.25 bits per heavy atom. The van der Waals surface area contributed by atoms with Crippen LogP contribution >= 0.6 is 0 Å². The van der Waals surface area contributed by atoms with Gasteiger partial charge in [-0.25, -0.2) is 0 Å². The summed E-state index contributed by atoms with van der Waals surface area (Å²) in [6.45, 7) is 6.34. The van der Waals surface area contributed by atoms with Crippen molar-refractivity contribution in [2.24, 2.45) is 0 Å². The lowest BCUT2D eigenvalue weighted by molar-refractivity contribution is 0.318. The number of hydrogen-bond acceptors (Lipinski definition) is 4. The molecule has 1 fully saturated rings. The molecule has 2 heterocycles. The number of aryl methyl sites for hydroxylation is 1. The van der Waals surface area contributed by atoms with Gasteiger partial charge in [0.15, 0.2) is 5.82 Å². The maximum Gasteiger partial charge on any atom is 0.229 e. The smallest absolute Gasteiger partial charge is 0.229 e. The quantitative estimate of drug-likeness (QED) is 0.932. The lowest BCUT2D eigenvalue weighted by Gasteiger charge is -2.18. The zero-order valence-electron chi connectivity index (χ0n) is 12.1. The molecule has 1 aliphatic heterocycles. The first kappa shape index (κ1) is 13.3. The molecular weight excluding hydrogens is 250 g/mol. The molecule has 1 aromatic heterocycles. The minimum Gasteiger partial charge on any atom is -0.339 e. The van der Waals surface area contributed by atoms with E-state index in [9.17, 15) is 0 Å². The zero-order chi connectivity index (χ0) is 13.9. The second-order valence-electron chi connectivity index (χ2n) is 5.59. The van der Waals surface area contributed by atoms with E-state index in [0.717, 1.165) is 37.6 Å². The summed E-state index contributed by atoms with van der Waals surface area (Å²) in [6.07, 6.45) is 2.17. The minimum atomic E-state index is 0.176. The van der Waals surface area contributed by atoms with Crippen LogP contribution in [0.2, 0.25) is 0 Å². The van der Waals surface area contributed by atoms with Crippen LogP contribution in [0.5, 0.6) is 0 Å². The number of rotatable bonds is 3. The Labute approximate surface area is 119 Å². The summed E-state index contributed by atoms with van der Waals surface area (Å²) in [5, 5.41) is 7.56. The fourth-order valence-corrected chi connectivity index (χ4v) is 2.87. The average Bonchev–Trinajstić information content (AvgIpc) is 2.98. The van der Waals surface area contributed by atoms with Crippen LogP contribution in [-0.4, -0.2) is 23.2 Å². The highest BCUT2D eigenvalue weighted by Crippen LogP contribution is 2.28. The van der Waals surface area contributed by atoms with E-state index in [1.165, 1.54) is 11.1 Å². The van der Waals surface area contributed by atoms with Crippen molar-refractivity contribution in [3.63, 3.8) is 0 Å². The van der Waals surface area contributed by atoms with Crippen molar-refractivity contribution in [1.82, 2.24) is 15.5 Å². The van der Waals surface area contributed by atoms with Crippen molar-refractivity contribution < 1.29 is 4.52 Å². The highest BCUT2D eigenvalue weighted by molar-refractivity contribution is 5.32. The van der Waals surface area contributed by atoms with Gasteiger partial charge >= 0.3 is 0 Å². The summed E-state index contributed by atoms with van der Waals surface area (Å²) in [5.74, 6) is 2.20. The Balaban J connectivity index is 1.81. The summed E-state index contributed by atoms with van der Waals surface area (Å²) in [4.78, 5) is 4.65. The summed E-state index contributed by atoms with van der Waals surface area (Å²) < 4.78 is 5.50. The van der Waals surface area contributed by atoms with Gasteiger partial charge in [0.1, 0.15) is 0 Å². The maximum absolute atomic E-state index is 5.50. The molecule has 0 spiro atoms. The first-order valence-corrected chi connectivity index (χ1v) is 7.35. The molecule has 0 amide bonds. The molecule has 106 valence electrons. The normalized spacial score (nSPS) is 18.1. The number of nitrogens with one attached hydrogen (secondary N) is 1. The first-order valence-electron chi connectivity index (χ1n) is 7.35. The van der Waals surface area contributed by atoms with Crippen molar-refractivity contribution >= 4 is 0 Å². The molecule has 3 rings (SSSR count). The maximum atomic E-state index is 5.50. The summed E-state index contributed by atoms with van der Waals surface area (Å²) in [6, 6.07) is 8.38. The second kappa shape index (κ2) is 5.75. The van der Waals surface area contributed by atoms with E-state index < -0.39 is 0 Å². The zero-order valence-corrected chi connectivity index (χ0v) is 12.1. The van der Waals surface area contributed by atoms with Crippen molar-refractivity contribution in [2.45, 2.75) is 38.5 Å². The van der Waals surface area contributed by atoms with Crippen LogP contribution in [0.1, 0.15) is 54.4 Å². The largest absolute Gasteiger partial charge is 0.339 e. The summed E-state index contributed by atoms with van der Waals surface area (Å²) in [7, 11) is 0. The number of nitrogens with zero attached hydrogens (tertiary/aromatic N) is 2. The Kier molecular flexibility index (Phi) is 3.83. The number of hydrogen-bond donors (Lipinski definition) is 1.